The van der Waals surface area contributed by atoms with Crippen molar-refractivity contribution in [3.63, 3.8) is 0 Å². The van der Waals surface area contributed by atoms with Crippen molar-refractivity contribution in [2.75, 3.05) is 12.3 Å². The zero-order chi connectivity index (χ0) is 12.2. The van der Waals surface area contributed by atoms with Crippen LogP contribution in [-0.2, 0) is 10.1 Å². The van der Waals surface area contributed by atoms with Crippen molar-refractivity contribution in [2.45, 2.75) is 51.5 Å². The van der Waals surface area contributed by atoms with Gasteiger partial charge in [0.15, 0.2) is 0 Å². The molecule has 0 saturated heterocycles. The molecule has 0 amide bonds. The summed E-state index contributed by atoms with van der Waals surface area (Å²) in [7, 11) is -3.80. The van der Waals surface area contributed by atoms with E-state index in [1.807, 2.05) is 0 Å². The fraction of sp³-hybridized carbons (Fsp3) is 1.00. The molecule has 0 radical (unpaired) electrons. The van der Waals surface area contributed by atoms with Crippen LogP contribution in [0.25, 0.3) is 0 Å². The third kappa shape index (κ3) is 4.39. The van der Waals surface area contributed by atoms with Crippen LogP contribution in [0, 0.1) is 5.92 Å². The molecular weight excluding hydrogens is 226 g/mol. The maximum Gasteiger partial charge on any atom is 0.264 e. The number of rotatable bonds is 5. The van der Waals surface area contributed by atoms with E-state index >= 15 is 0 Å². The quantitative estimate of drug-likeness (QED) is 0.576. The zero-order valence-electron chi connectivity index (χ0n) is 10.2. The smallest absolute Gasteiger partial charge is 0.264 e. The summed E-state index contributed by atoms with van der Waals surface area (Å²) in [5.41, 5.74) is 0.136. The first-order chi connectivity index (χ1) is 7.33. The highest BCUT2D eigenvalue weighted by Crippen LogP contribution is 2.32. The van der Waals surface area contributed by atoms with E-state index < -0.39 is 10.1 Å². The molecule has 2 unspecified atom stereocenters. The highest BCUT2D eigenvalue weighted by atomic mass is 32.2. The topological polar surface area (TPSA) is 66.4 Å². The van der Waals surface area contributed by atoms with E-state index in [2.05, 4.69) is 19.2 Å². The van der Waals surface area contributed by atoms with Crippen LogP contribution in [0.4, 0.5) is 0 Å². The lowest BCUT2D eigenvalue weighted by molar-refractivity contribution is 0.175. The van der Waals surface area contributed by atoms with Gasteiger partial charge in [0.2, 0.25) is 0 Å². The van der Waals surface area contributed by atoms with Gasteiger partial charge in [0, 0.05) is 5.54 Å². The molecule has 5 heteroatoms. The molecule has 1 aliphatic rings. The molecule has 0 aromatic heterocycles. The monoisotopic (exact) mass is 249 g/mol. The Balaban J connectivity index is 2.30. The van der Waals surface area contributed by atoms with E-state index in [-0.39, 0.29) is 11.3 Å². The normalized spacial score (nSPS) is 31.6. The van der Waals surface area contributed by atoms with E-state index in [9.17, 15) is 8.42 Å². The van der Waals surface area contributed by atoms with E-state index in [0.29, 0.717) is 18.9 Å². The Hall–Kier alpha value is -0.130. The molecular formula is C11H23NO3S. The van der Waals surface area contributed by atoms with Gasteiger partial charge >= 0.3 is 0 Å². The molecule has 0 heterocycles. The summed E-state index contributed by atoms with van der Waals surface area (Å²) in [5, 5.41) is 3.44. The second-order valence-corrected chi connectivity index (χ2v) is 6.70. The van der Waals surface area contributed by atoms with Gasteiger partial charge in [-0.05, 0) is 38.6 Å². The minimum Gasteiger partial charge on any atom is -0.311 e. The Morgan fingerprint density at radius 1 is 1.44 bits per heavy atom. The molecule has 0 aromatic rings. The zero-order valence-corrected chi connectivity index (χ0v) is 11.0. The van der Waals surface area contributed by atoms with Gasteiger partial charge in [-0.15, -0.1) is 0 Å². The first kappa shape index (κ1) is 13.9. The first-order valence-electron chi connectivity index (χ1n) is 6.04. The third-order valence-corrected chi connectivity index (χ3v) is 4.58. The van der Waals surface area contributed by atoms with Crippen LogP contribution in [0.3, 0.4) is 0 Å². The van der Waals surface area contributed by atoms with Gasteiger partial charge in [0.1, 0.15) is 0 Å². The van der Waals surface area contributed by atoms with Crippen LogP contribution in [-0.4, -0.2) is 30.8 Å². The van der Waals surface area contributed by atoms with Gasteiger partial charge < -0.3 is 5.32 Å². The Morgan fingerprint density at radius 2 is 2.12 bits per heavy atom. The van der Waals surface area contributed by atoms with Crippen molar-refractivity contribution < 1.29 is 13.0 Å². The maximum absolute atomic E-state index is 10.6. The maximum atomic E-state index is 10.6. The average Bonchev–Trinajstić information content (AvgIpc) is 2.17. The summed E-state index contributed by atoms with van der Waals surface area (Å²) >= 11 is 0. The van der Waals surface area contributed by atoms with E-state index in [1.54, 1.807) is 0 Å². The van der Waals surface area contributed by atoms with Gasteiger partial charge in [-0.3, -0.25) is 4.55 Å². The van der Waals surface area contributed by atoms with Crippen molar-refractivity contribution in [1.29, 1.82) is 0 Å². The van der Waals surface area contributed by atoms with E-state index in [1.165, 1.54) is 19.3 Å². The largest absolute Gasteiger partial charge is 0.311 e. The predicted molar refractivity (Wildman–Crippen MR) is 65.1 cm³/mol. The van der Waals surface area contributed by atoms with Crippen molar-refractivity contribution in [3.8, 4) is 0 Å². The molecule has 1 fully saturated rings. The SMILES string of the molecule is CC1CCCCC1(C)NCCCS(=O)(=O)O. The fourth-order valence-corrected chi connectivity index (χ4v) is 2.91. The fourth-order valence-electron chi connectivity index (χ4n) is 2.40. The second-order valence-electron chi connectivity index (χ2n) is 5.13. The molecule has 0 bridgehead atoms. The van der Waals surface area contributed by atoms with Gasteiger partial charge in [-0.25, -0.2) is 0 Å². The van der Waals surface area contributed by atoms with Crippen LogP contribution in [0.15, 0.2) is 0 Å². The number of hydrogen-bond acceptors (Lipinski definition) is 3. The van der Waals surface area contributed by atoms with Gasteiger partial charge in [0.25, 0.3) is 10.1 Å². The molecule has 2 N–H and O–H groups in total. The molecule has 2 atom stereocenters. The van der Waals surface area contributed by atoms with E-state index in [0.717, 1.165) is 6.42 Å². The van der Waals surface area contributed by atoms with Crippen LogP contribution >= 0.6 is 0 Å². The molecule has 1 aliphatic carbocycles. The minimum atomic E-state index is -3.80. The highest BCUT2D eigenvalue weighted by Gasteiger charge is 2.32. The van der Waals surface area contributed by atoms with Gasteiger partial charge in [0.05, 0.1) is 5.75 Å². The van der Waals surface area contributed by atoms with Gasteiger partial charge in [-0.2, -0.15) is 8.42 Å². The Labute approximate surface area is 98.6 Å². The predicted octanol–water partition coefficient (Wildman–Crippen LogP) is 1.82. The van der Waals surface area contributed by atoms with Crippen molar-refractivity contribution in [3.05, 3.63) is 0 Å². The first-order valence-corrected chi connectivity index (χ1v) is 7.65. The number of nitrogens with one attached hydrogen (secondary N) is 1. The van der Waals surface area contributed by atoms with Crippen molar-refractivity contribution in [2.24, 2.45) is 5.92 Å². The second kappa shape index (κ2) is 5.47. The van der Waals surface area contributed by atoms with Crippen LogP contribution < -0.4 is 5.32 Å². The molecule has 1 saturated carbocycles. The molecule has 16 heavy (non-hydrogen) atoms. The minimum absolute atomic E-state index is 0.136. The molecule has 96 valence electrons. The van der Waals surface area contributed by atoms with Crippen LogP contribution in [0.2, 0.25) is 0 Å². The van der Waals surface area contributed by atoms with Crippen LogP contribution in [0.1, 0.15) is 46.0 Å². The highest BCUT2D eigenvalue weighted by molar-refractivity contribution is 7.85. The number of hydrogen-bond donors (Lipinski definition) is 2. The molecule has 4 nitrogen and oxygen atoms in total. The Bertz CT molecular complexity index is 315. The standard InChI is InChI=1S/C11H23NO3S/c1-10-6-3-4-7-11(10,2)12-8-5-9-16(13,14)15/h10,12H,3-9H2,1-2H3,(H,13,14,15). The summed E-state index contributed by atoms with van der Waals surface area (Å²) in [6.45, 7) is 5.11. The van der Waals surface area contributed by atoms with Gasteiger partial charge in [-0.1, -0.05) is 19.8 Å². The molecule has 0 aromatic carbocycles. The van der Waals surface area contributed by atoms with E-state index in [4.69, 9.17) is 4.55 Å². The lowest BCUT2D eigenvalue weighted by Crippen LogP contribution is -2.50. The van der Waals surface area contributed by atoms with Crippen molar-refractivity contribution >= 4 is 10.1 Å². The summed E-state index contributed by atoms with van der Waals surface area (Å²) in [6.07, 6.45) is 5.40. The molecule has 1 rings (SSSR count). The third-order valence-electron chi connectivity index (χ3n) is 3.78. The molecule has 0 aliphatic heterocycles. The Kier molecular flexibility index (Phi) is 4.76. The lowest BCUT2D eigenvalue weighted by Gasteiger charge is -2.40. The summed E-state index contributed by atoms with van der Waals surface area (Å²) in [6, 6.07) is 0. The average molecular weight is 249 g/mol. The lowest BCUT2D eigenvalue weighted by atomic mass is 9.75. The Morgan fingerprint density at radius 3 is 2.69 bits per heavy atom. The van der Waals surface area contributed by atoms with Crippen molar-refractivity contribution in [1.82, 2.24) is 5.32 Å². The summed E-state index contributed by atoms with van der Waals surface area (Å²) < 4.78 is 29.7. The van der Waals surface area contributed by atoms with Crippen LogP contribution in [0.5, 0.6) is 0 Å². The summed E-state index contributed by atoms with van der Waals surface area (Å²) in [5.74, 6) is 0.483. The molecule has 0 spiro atoms. The summed E-state index contributed by atoms with van der Waals surface area (Å²) in [4.78, 5) is 0.